The molecule has 176 valence electrons. The lowest BCUT2D eigenvalue weighted by atomic mass is 9.94. The molecule has 2 saturated heterocycles. The van der Waals surface area contributed by atoms with Crippen molar-refractivity contribution in [1.29, 1.82) is 0 Å². The highest BCUT2D eigenvalue weighted by Gasteiger charge is 2.32. The van der Waals surface area contributed by atoms with Gasteiger partial charge < -0.3 is 14.4 Å². The Morgan fingerprint density at radius 3 is 2.45 bits per heavy atom. The zero-order chi connectivity index (χ0) is 22.6. The number of nitrogens with zero attached hydrogens (tertiary/aromatic N) is 2. The summed E-state index contributed by atoms with van der Waals surface area (Å²) in [5, 5.41) is 0. The third-order valence-corrected chi connectivity index (χ3v) is 7.73. The molecule has 0 radical (unpaired) electrons. The fraction of sp³-hybridized carbons (Fsp3) is 0.536. The Balaban J connectivity index is 1.20. The quantitative estimate of drug-likeness (QED) is 0.637. The molecule has 1 amide bonds. The number of rotatable bonds is 7. The molecular weight excluding hydrogens is 412 g/mol. The normalized spacial score (nSPS) is 21.8. The van der Waals surface area contributed by atoms with Crippen LogP contribution in [0.1, 0.15) is 47.2 Å². The van der Waals surface area contributed by atoms with E-state index in [2.05, 4.69) is 34.1 Å². The predicted molar refractivity (Wildman–Crippen MR) is 130 cm³/mol. The Morgan fingerprint density at radius 1 is 1.03 bits per heavy atom. The van der Waals surface area contributed by atoms with Crippen molar-refractivity contribution < 1.29 is 14.3 Å². The molecule has 5 rings (SSSR count). The topological polar surface area (TPSA) is 42.0 Å². The maximum Gasteiger partial charge on any atom is 0.254 e. The fourth-order valence-corrected chi connectivity index (χ4v) is 5.82. The Kier molecular flexibility index (Phi) is 6.98. The minimum Gasteiger partial charge on any atom is -0.497 e. The minimum absolute atomic E-state index is 0.0954. The molecular formula is C28H36N2O3. The van der Waals surface area contributed by atoms with Gasteiger partial charge in [0.15, 0.2) is 0 Å². The van der Waals surface area contributed by atoms with Gasteiger partial charge in [-0.25, -0.2) is 0 Å². The molecule has 0 aromatic heterocycles. The molecule has 2 aliphatic heterocycles. The van der Waals surface area contributed by atoms with Gasteiger partial charge in [0.25, 0.3) is 5.91 Å². The predicted octanol–water partition coefficient (Wildman–Crippen LogP) is 4.20. The number of hydrogen-bond acceptors (Lipinski definition) is 4. The van der Waals surface area contributed by atoms with Gasteiger partial charge in [-0.1, -0.05) is 30.3 Å². The molecule has 0 N–H and O–H groups in total. The number of likely N-dealkylation sites (tertiary alicyclic amines) is 1. The van der Waals surface area contributed by atoms with Gasteiger partial charge >= 0.3 is 0 Å². The van der Waals surface area contributed by atoms with E-state index in [9.17, 15) is 4.79 Å². The number of carbonyl (C=O) groups excluding carboxylic acids is 1. The van der Waals surface area contributed by atoms with Gasteiger partial charge in [-0.2, -0.15) is 0 Å². The van der Waals surface area contributed by atoms with E-state index in [0.29, 0.717) is 24.1 Å². The molecule has 1 aliphatic carbocycles. The van der Waals surface area contributed by atoms with Crippen molar-refractivity contribution in [2.75, 3.05) is 39.9 Å². The number of fused-ring (bicyclic) bond motifs is 1. The fourth-order valence-electron chi connectivity index (χ4n) is 5.82. The third kappa shape index (κ3) is 5.25. The summed E-state index contributed by atoms with van der Waals surface area (Å²) in [6.07, 6.45) is 6.97. The van der Waals surface area contributed by atoms with Crippen LogP contribution in [0.2, 0.25) is 0 Å². The van der Waals surface area contributed by atoms with Crippen molar-refractivity contribution in [3.05, 3.63) is 65.2 Å². The molecule has 0 bridgehead atoms. The Labute approximate surface area is 197 Å². The number of benzene rings is 2. The van der Waals surface area contributed by atoms with Gasteiger partial charge in [-0.05, 0) is 86.9 Å². The average Bonchev–Trinajstić information content (AvgIpc) is 3.53. The van der Waals surface area contributed by atoms with E-state index in [4.69, 9.17) is 9.47 Å². The largest absolute Gasteiger partial charge is 0.497 e. The first-order valence-corrected chi connectivity index (χ1v) is 12.6. The second kappa shape index (κ2) is 10.3. The zero-order valence-corrected chi connectivity index (χ0v) is 19.7. The van der Waals surface area contributed by atoms with E-state index in [1.165, 1.54) is 24.0 Å². The maximum atomic E-state index is 13.5. The lowest BCUT2D eigenvalue weighted by molar-refractivity contribution is 0.0430. The van der Waals surface area contributed by atoms with Crippen molar-refractivity contribution >= 4 is 5.91 Å². The lowest BCUT2D eigenvalue weighted by Crippen LogP contribution is -2.46. The van der Waals surface area contributed by atoms with Crippen LogP contribution in [0.15, 0.2) is 48.5 Å². The van der Waals surface area contributed by atoms with Crippen LogP contribution in [0.25, 0.3) is 0 Å². The highest BCUT2D eigenvalue weighted by Crippen LogP contribution is 2.29. The minimum atomic E-state index is 0.0954. The summed E-state index contributed by atoms with van der Waals surface area (Å²) in [6.45, 7) is 4.58. The molecule has 2 fully saturated rings. The van der Waals surface area contributed by atoms with E-state index >= 15 is 0 Å². The second-order valence-electron chi connectivity index (χ2n) is 9.89. The van der Waals surface area contributed by atoms with Crippen molar-refractivity contribution in [2.24, 2.45) is 5.92 Å². The van der Waals surface area contributed by atoms with Gasteiger partial charge in [-0.3, -0.25) is 9.69 Å². The van der Waals surface area contributed by atoms with Crippen LogP contribution in [0.4, 0.5) is 0 Å². The summed E-state index contributed by atoms with van der Waals surface area (Å²) in [5.74, 6) is 1.36. The van der Waals surface area contributed by atoms with Gasteiger partial charge in [0.1, 0.15) is 5.75 Å². The summed E-state index contributed by atoms with van der Waals surface area (Å²) in [4.78, 5) is 18.2. The Bertz CT molecular complexity index is 923. The molecule has 5 nitrogen and oxygen atoms in total. The van der Waals surface area contributed by atoms with Gasteiger partial charge in [0, 0.05) is 31.3 Å². The smallest absolute Gasteiger partial charge is 0.254 e. The van der Waals surface area contributed by atoms with Crippen molar-refractivity contribution in [3.63, 3.8) is 0 Å². The van der Waals surface area contributed by atoms with E-state index in [0.717, 1.165) is 57.7 Å². The number of amides is 1. The molecule has 0 saturated carbocycles. The van der Waals surface area contributed by atoms with Crippen LogP contribution in [-0.2, 0) is 17.6 Å². The summed E-state index contributed by atoms with van der Waals surface area (Å²) in [7, 11) is 1.64. The third-order valence-electron chi connectivity index (χ3n) is 7.73. The van der Waals surface area contributed by atoms with Crippen LogP contribution in [-0.4, -0.2) is 67.7 Å². The van der Waals surface area contributed by atoms with Gasteiger partial charge in [-0.15, -0.1) is 0 Å². The molecule has 3 aliphatic rings. The van der Waals surface area contributed by atoms with E-state index in [1.54, 1.807) is 7.11 Å². The molecule has 1 atom stereocenters. The van der Waals surface area contributed by atoms with Crippen molar-refractivity contribution in [3.8, 4) is 5.75 Å². The number of methoxy groups -OCH3 is 1. The van der Waals surface area contributed by atoms with Crippen LogP contribution in [0.3, 0.4) is 0 Å². The molecule has 5 heteroatoms. The maximum absolute atomic E-state index is 13.5. The van der Waals surface area contributed by atoms with E-state index in [-0.39, 0.29) is 12.0 Å². The lowest BCUT2D eigenvalue weighted by Gasteiger charge is -2.38. The van der Waals surface area contributed by atoms with Gasteiger partial charge in [0.2, 0.25) is 0 Å². The monoisotopic (exact) mass is 448 g/mol. The molecule has 2 heterocycles. The molecule has 33 heavy (non-hydrogen) atoms. The summed E-state index contributed by atoms with van der Waals surface area (Å²) in [6, 6.07) is 17.1. The first-order chi connectivity index (χ1) is 16.2. The summed E-state index contributed by atoms with van der Waals surface area (Å²) >= 11 is 0. The number of carbonyl (C=O) groups is 1. The highest BCUT2D eigenvalue weighted by molar-refractivity contribution is 5.94. The zero-order valence-electron chi connectivity index (χ0n) is 19.7. The Hall–Kier alpha value is -2.37. The average molecular weight is 449 g/mol. The van der Waals surface area contributed by atoms with Gasteiger partial charge in [0.05, 0.1) is 13.2 Å². The Morgan fingerprint density at radius 2 is 1.79 bits per heavy atom. The standard InChI is InChI=1S/C28H36N2O3/c1-32-26-9-4-8-24(18-26)28(31)30(20-27-10-5-15-33-27)19-21-11-13-29(14-12-21)25-16-22-6-2-3-7-23(22)17-25/h2-4,6-9,18,21,25,27H,5,10-17,19-20H2,1H3/t27-/m1/s1. The second-order valence-corrected chi connectivity index (χ2v) is 9.89. The molecule has 2 aromatic carbocycles. The van der Waals surface area contributed by atoms with Crippen molar-refractivity contribution in [1.82, 2.24) is 9.80 Å². The number of ether oxygens (including phenoxy) is 2. The van der Waals surface area contributed by atoms with E-state index < -0.39 is 0 Å². The number of hydrogen-bond donors (Lipinski definition) is 0. The van der Waals surface area contributed by atoms with Crippen molar-refractivity contribution in [2.45, 2.75) is 50.7 Å². The molecule has 0 unspecified atom stereocenters. The highest BCUT2D eigenvalue weighted by atomic mass is 16.5. The first-order valence-electron chi connectivity index (χ1n) is 12.6. The summed E-state index contributed by atoms with van der Waals surface area (Å²) < 4.78 is 11.2. The van der Waals surface area contributed by atoms with Crippen LogP contribution >= 0.6 is 0 Å². The number of piperidine rings is 1. The van der Waals surface area contributed by atoms with Crippen LogP contribution in [0, 0.1) is 5.92 Å². The first kappa shape index (κ1) is 22.4. The summed E-state index contributed by atoms with van der Waals surface area (Å²) in [5.41, 5.74) is 3.75. The SMILES string of the molecule is COc1cccc(C(=O)N(CC2CCN(C3Cc4ccccc4C3)CC2)C[C@H]2CCCO2)c1. The molecule has 2 aromatic rings. The van der Waals surface area contributed by atoms with E-state index in [1.807, 2.05) is 24.3 Å². The molecule has 0 spiro atoms. The van der Waals surface area contributed by atoms with Crippen LogP contribution in [0.5, 0.6) is 5.75 Å². The van der Waals surface area contributed by atoms with Crippen LogP contribution < -0.4 is 4.74 Å².